The van der Waals surface area contributed by atoms with Crippen LogP contribution in [0.4, 0.5) is 8.78 Å². The smallest absolute Gasteiger partial charge is 0.375 e. The molecule has 0 saturated heterocycles. The van der Waals surface area contributed by atoms with Gasteiger partial charge in [-0.05, 0) is 47.5 Å². The van der Waals surface area contributed by atoms with Gasteiger partial charge in [-0.2, -0.15) is 5.10 Å². The Hall–Kier alpha value is -5.76. The molecule has 50 heavy (non-hydrogen) atoms. The van der Waals surface area contributed by atoms with Gasteiger partial charge in [0.1, 0.15) is 41.0 Å². The second-order valence-electron chi connectivity index (χ2n) is 10.3. The highest BCUT2D eigenvalue weighted by Crippen LogP contribution is 2.21. The summed E-state index contributed by atoms with van der Waals surface area (Å²) in [5, 5.41) is 26.9. The minimum Gasteiger partial charge on any atom is -1.00 e. The van der Waals surface area contributed by atoms with Crippen molar-refractivity contribution >= 4 is 26.0 Å². The predicted molar refractivity (Wildman–Crippen MR) is 171 cm³/mol. The fraction of sp³-hybridized carbons (Fsp3) is 0.0645. The van der Waals surface area contributed by atoms with Crippen molar-refractivity contribution in [2.45, 2.75) is 22.6 Å². The Labute approximate surface area is 283 Å². The van der Waals surface area contributed by atoms with Crippen LogP contribution in [0.3, 0.4) is 0 Å². The van der Waals surface area contributed by atoms with Crippen LogP contribution in [0.15, 0.2) is 113 Å². The van der Waals surface area contributed by atoms with E-state index in [-0.39, 0.29) is 33.2 Å². The van der Waals surface area contributed by atoms with Crippen molar-refractivity contribution in [1.82, 2.24) is 29.5 Å². The lowest BCUT2D eigenvalue weighted by Gasteiger charge is -2.08. The van der Waals surface area contributed by atoms with Gasteiger partial charge in [-0.1, -0.05) is 60.7 Å². The first-order chi connectivity index (χ1) is 23.2. The third-order valence-electron chi connectivity index (χ3n) is 6.85. The van der Waals surface area contributed by atoms with Crippen molar-refractivity contribution in [2.24, 2.45) is 10.3 Å². The van der Waals surface area contributed by atoms with Gasteiger partial charge in [-0.25, -0.2) is 60.0 Å². The van der Waals surface area contributed by atoms with E-state index in [2.05, 4.69) is 20.2 Å². The molecule has 0 aliphatic heterocycles. The third-order valence-corrected chi connectivity index (χ3v) is 8.67. The van der Waals surface area contributed by atoms with Gasteiger partial charge in [0.15, 0.2) is 0 Å². The molecule has 0 fully saturated rings. The lowest BCUT2D eigenvalue weighted by molar-refractivity contribution is -0.0000314. The van der Waals surface area contributed by atoms with Gasteiger partial charge < -0.3 is 9.81 Å². The molecule has 2 aromatic heterocycles. The molecule has 19 heteroatoms. The maximum Gasteiger partial charge on any atom is 0.375 e. The van der Waals surface area contributed by atoms with Crippen LogP contribution in [-0.4, -0.2) is 57.4 Å². The number of carboxylic acid groups (broad SMARTS) is 1. The molecule has 0 aliphatic carbocycles. The van der Waals surface area contributed by atoms with Gasteiger partial charge >= 0.3 is 5.97 Å². The number of sulfonamides is 2. The summed E-state index contributed by atoms with van der Waals surface area (Å²) in [5.41, 5.74) is 1.80. The first-order valence-corrected chi connectivity index (χ1v) is 17.1. The number of aromatic nitrogens is 6. The normalized spacial score (nSPS) is 11.3. The second kappa shape index (κ2) is 15.2. The number of hydrogen-bond donors (Lipinski definition) is 3. The third kappa shape index (κ3) is 8.82. The SMILES string of the molecule is NS(=O)(=O)c1ccc(-n2nc(C(=O)O)nc2Cc2ccccc2)c(F)c1.NS(=O)(=O)c1ccc(-n2ncnc2Cc2ccccc2)c(F)c1.[F-]. The summed E-state index contributed by atoms with van der Waals surface area (Å²) in [5.74, 6) is -2.79. The van der Waals surface area contributed by atoms with E-state index in [1.54, 1.807) is 24.3 Å². The van der Waals surface area contributed by atoms with Crippen molar-refractivity contribution in [1.29, 1.82) is 0 Å². The first-order valence-electron chi connectivity index (χ1n) is 14.0. The molecule has 0 radical (unpaired) electrons. The van der Waals surface area contributed by atoms with E-state index in [9.17, 15) is 30.4 Å². The maximum atomic E-state index is 14.4. The van der Waals surface area contributed by atoms with Gasteiger partial charge in [-0.15, -0.1) is 5.10 Å². The van der Waals surface area contributed by atoms with Crippen LogP contribution in [0.25, 0.3) is 11.4 Å². The molecule has 4 aromatic carbocycles. The lowest BCUT2D eigenvalue weighted by Crippen LogP contribution is -3.00. The highest BCUT2D eigenvalue weighted by molar-refractivity contribution is 7.89. The molecule has 0 amide bonds. The highest BCUT2D eigenvalue weighted by Gasteiger charge is 2.21. The van der Waals surface area contributed by atoms with Gasteiger partial charge in [0.05, 0.1) is 9.79 Å². The van der Waals surface area contributed by atoms with Crippen molar-refractivity contribution < 1.29 is 40.2 Å². The Morgan fingerprint density at radius 1 is 0.700 bits per heavy atom. The average molecular weight is 728 g/mol. The topological polar surface area (TPSA) is 219 Å². The Morgan fingerprint density at radius 2 is 1.16 bits per heavy atom. The summed E-state index contributed by atoms with van der Waals surface area (Å²) < 4.78 is 76.3. The Bertz CT molecular complexity index is 2360. The molecule has 0 saturated carbocycles. The Morgan fingerprint density at radius 3 is 1.60 bits per heavy atom. The largest absolute Gasteiger partial charge is 1.00 e. The molecule has 0 unspecified atom stereocenters. The second-order valence-corrected chi connectivity index (χ2v) is 13.4. The molecule has 0 atom stereocenters. The minimum absolute atomic E-state index is 0. The van der Waals surface area contributed by atoms with E-state index < -0.39 is 48.4 Å². The van der Waals surface area contributed by atoms with Gasteiger partial charge in [0, 0.05) is 12.8 Å². The Kier molecular flexibility index (Phi) is 11.3. The molecule has 0 spiro atoms. The van der Waals surface area contributed by atoms with Gasteiger partial charge in [-0.3, -0.25) is 0 Å². The fourth-order valence-corrected chi connectivity index (χ4v) is 5.61. The number of halogens is 3. The zero-order valence-corrected chi connectivity index (χ0v) is 27.1. The van der Waals surface area contributed by atoms with Crippen LogP contribution in [0.2, 0.25) is 0 Å². The number of hydrogen-bond acceptors (Lipinski definition) is 9. The minimum atomic E-state index is -4.07. The number of nitrogens with zero attached hydrogens (tertiary/aromatic N) is 6. The van der Waals surface area contributed by atoms with E-state index in [4.69, 9.17) is 15.4 Å². The maximum absolute atomic E-state index is 14.4. The van der Waals surface area contributed by atoms with E-state index in [0.29, 0.717) is 12.2 Å². The van der Waals surface area contributed by atoms with Crippen molar-refractivity contribution in [3.63, 3.8) is 0 Å². The average Bonchev–Trinajstić information content (AvgIpc) is 3.69. The monoisotopic (exact) mass is 727 g/mol. The molecule has 14 nitrogen and oxygen atoms in total. The standard InChI is InChI=1S/C16H13FN4O4S.C15H13FN4O2S.FH/c17-12-9-11(26(18,24)25)6-7-13(12)21-14(19-15(20-21)16(22)23)8-10-4-2-1-3-5-10;16-13-9-12(23(17,21)22)6-7-14(13)20-15(18-10-19-20)8-11-4-2-1-3-5-11;/h1-7,9H,8H2,(H,22,23)(H2,18,24,25);1-7,9-10H,8H2,(H2,17,21,22);1H/p-1. The highest BCUT2D eigenvalue weighted by atomic mass is 32.2. The first kappa shape index (κ1) is 37.1. The summed E-state index contributed by atoms with van der Waals surface area (Å²) >= 11 is 0. The summed E-state index contributed by atoms with van der Waals surface area (Å²) in [7, 11) is -8.03. The zero-order chi connectivity index (χ0) is 35.3. The quantitative estimate of drug-likeness (QED) is 0.181. The molecule has 260 valence electrons. The molecule has 0 bridgehead atoms. The van der Waals surface area contributed by atoms with E-state index in [0.717, 1.165) is 40.1 Å². The van der Waals surface area contributed by atoms with Crippen LogP contribution in [-0.2, 0) is 32.9 Å². The number of primary sulfonamides is 2. The molecule has 6 aromatic rings. The number of benzene rings is 4. The lowest BCUT2D eigenvalue weighted by atomic mass is 10.1. The number of carbonyl (C=O) groups is 1. The van der Waals surface area contributed by atoms with Crippen LogP contribution in [0.5, 0.6) is 0 Å². The Balaban J connectivity index is 0.000000222. The number of nitrogens with two attached hydrogens (primary N) is 2. The van der Waals surface area contributed by atoms with Crippen LogP contribution >= 0.6 is 0 Å². The molecule has 5 N–H and O–H groups in total. The fourth-order valence-electron chi connectivity index (χ4n) is 4.56. The van der Waals surface area contributed by atoms with Gasteiger partial charge in [0.25, 0.3) is 5.82 Å². The summed E-state index contributed by atoms with van der Waals surface area (Å²) in [6, 6.07) is 25.0. The molecule has 0 aliphatic rings. The molecular formula is C31H26F3N8O6S2-. The molecule has 6 rings (SSSR count). The summed E-state index contributed by atoms with van der Waals surface area (Å²) in [4.78, 5) is 18.6. The number of rotatable bonds is 9. The van der Waals surface area contributed by atoms with E-state index >= 15 is 0 Å². The number of carboxylic acids is 1. The van der Waals surface area contributed by atoms with Crippen LogP contribution in [0.1, 0.15) is 33.4 Å². The zero-order valence-electron chi connectivity index (χ0n) is 25.5. The van der Waals surface area contributed by atoms with Gasteiger partial charge in [0.2, 0.25) is 20.0 Å². The molecule has 2 heterocycles. The predicted octanol–water partition coefficient (Wildman–Crippen LogP) is -0.00860. The van der Waals surface area contributed by atoms with Crippen molar-refractivity contribution in [3.8, 4) is 11.4 Å². The van der Waals surface area contributed by atoms with Crippen molar-refractivity contribution in [2.75, 3.05) is 0 Å². The van der Waals surface area contributed by atoms with E-state index in [1.165, 1.54) is 23.1 Å². The van der Waals surface area contributed by atoms with Crippen LogP contribution in [0, 0.1) is 11.6 Å². The van der Waals surface area contributed by atoms with E-state index in [1.807, 2.05) is 36.4 Å². The number of aromatic carboxylic acids is 1. The van der Waals surface area contributed by atoms with Crippen LogP contribution < -0.4 is 15.0 Å². The summed E-state index contributed by atoms with van der Waals surface area (Å²) in [6.45, 7) is 0. The van der Waals surface area contributed by atoms with Crippen molar-refractivity contribution in [3.05, 3.63) is 144 Å². The molecular weight excluding hydrogens is 702 g/mol. The summed E-state index contributed by atoms with van der Waals surface area (Å²) in [6.07, 6.45) is 2.00.